The molecule has 0 spiro atoms. The summed E-state index contributed by atoms with van der Waals surface area (Å²) in [6, 6.07) is 14.5. The molecule has 0 fully saturated rings. The number of ether oxygens (including phenoxy) is 1. The number of amides is 2. The van der Waals surface area contributed by atoms with Crippen molar-refractivity contribution in [1.82, 2.24) is 9.97 Å². The second-order valence-corrected chi connectivity index (χ2v) is 8.10. The maximum absolute atomic E-state index is 13.0. The fourth-order valence-corrected chi connectivity index (χ4v) is 3.65. The van der Waals surface area contributed by atoms with Crippen molar-refractivity contribution in [2.75, 3.05) is 23.1 Å². The van der Waals surface area contributed by atoms with Crippen LogP contribution in [0, 0.1) is 0 Å². The zero-order valence-electron chi connectivity index (χ0n) is 18.6. The molecule has 4 rings (SSSR count). The molecule has 9 heteroatoms. The molecule has 1 aliphatic heterocycles. The van der Waals surface area contributed by atoms with Gasteiger partial charge in [0, 0.05) is 17.8 Å². The van der Waals surface area contributed by atoms with Crippen LogP contribution in [0.5, 0.6) is 5.75 Å². The van der Waals surface area contributed by atoms with Gasteiger partial charge in [-0.2, -0.15) is 4.98 Å². The van der Waals surface area contributed by atoms with Gasteiger partial charge in [0.2, 0.25) is 17.8 Å². The molecule has 2 amide bonds. The van der Waals surface area contributed by atoms with E-state index in [1.165, 1.54) is 0 Å². The lowest BCUT2D eigenvalue weighted by atomic mass is 9.92. The summed E-state index contributed by atoms with van der Waals surface area (Å²) in [4.78, 5) is 45.1. The monoisotopic (exact) mass is 447 g/mol. The number of anilines is 4. The minimum absolute atomic E-state index is 0.0707. The summed E-state index contributed by atoms with van der Waals surface area (Å²) in [6.45, 7) is 4.17. The summed E-state index contributed by atoms with van der Waals surface area (Å²) < 4.78 is 5.13. The number of fused-ring (bicyclic) bond motifs is 1. The maximum atomic E-state index is 13.0. The summed E-state index contributed by atoms with van der Waals surface area (Å²) >= 11 is 0. The Balaban J connectivity index is 1.57. The summed E-state index contributed by atoms with van der Waals surface area (Å²) in [6.07, 6.45) is -0.140. The highest BCUT2D eigenvalue weighted by Crippen LogP contribution is 2.30. The molecule has 1 aliphatic rings. The van der Waals surface area contributed by atoms with Gasteiger partial charge in [-0.15, -0.1) is 0 Å². The van der Waals surface area contributed by atoms with Gasteiger partial charge in [-0.05, 0) is 47.9 Å². The van der Waals surface area contributed by atoms with E-state index in [0.717, 1.165) is 5.56 Å². The number of benzene rings is 2. The summed E-state index contributed by atoms with van der Waals surface area (Å²) in [5.74, 6) is -0.500. The van der Waals surface area contributed by atoms with Gasteiger partial charge in [-0.3, -0.25) is 19.4 Å². The van der Waals surface area contributed by atoms with Crippen molar-refractivity contribution in [2.24, 2.45) is 0 Å². The quantitative estimate of drug-likeness (QED) is 0.457. The predicted octanol–water partition coefficient (Wildman–Crippen LogP) is 3.71. The number of carbonyl (C=O) groups is 2. The van der Waals surface area contributed by atoms with E-state index in [9.17, 15) is 14.4 Å². The Morgan fingerprint density at radius 2 is 1.73 bits per heavy atom. The van der Waals surface area contributed by atoms with Gasteiger partial charge in [0.15, 0.2) is 0 Å². The molecule has 3 aromatic rings. The van der Waals surface area contributed by atoms with Gasteiger partial charge in [0.1, 0.15) is 11.6 Å². The average molecular weight is 447 g/mol. The van der Waals surface area contributed by atoms with Gasteiger partial charge < -0.3 is 20.7 Å². The van der Waals surface area contributed by atoms with Crippen LogP contribution < -0.4 is 26.2 Å². The molecule has 0 radical (unpaired) electrons. The van der Waals surface area contributed by atoms with Gasteiger partial charge in [0.05, 0.1) is 18.6 Å². The van der Waals surface area contributed by atoms with E-state index in [1.807, 2.05) is 12.1 Å². The fourth-order valence-electron chi connectivity index (χ4n) is 3.65. The van der Waals surface area contributed by atoms with Gasteiger partial charge >= 0.3 is 0 Å². The molecule has 2 aromatic carbocycles. The third-order valence-corrected chi connectivity index (χ3v) is 5.47. The Labute approximate surface area is 190 Å². The maximum Gasteiger partial charge on any atom is 0.258 e. The normalized spacial score (nSPS) is 14.9. The second kappa shape index (κ2) is 9.15. The van der Waals surface area contributed by atoms with Crippen LogP contribution in [0.15, 0.2) is 53.3 Å². The zero-order valence-corrected chi connectivity index (χ0v) is 18.6. The zero-order chi connectivity index (χ0) is 23.5. The first-order valence-electron chi connectivity index (χ1n) is 10.6. The Bertz CT molecular complexity index is 1230. The summed E-state index contributed by atoms with van der Waals surface area (Å²) in [5, 5.41) is 8.39. The number of aromatic amines is 1. The molecular weight excluding hydrogens is 422 g/mol. The van der Waals surface area contributed by atoms with Crippen molar-refractivity contribution >= 4 is 35.0 Å². The SMILES string of the molecule is COc1ccc(Nc2nc3c(c(=O)[nH]2)[C@@H](C(=O)Nc2ccc(C(C)C)cc2)CC(=O)N3)cc1. The summed E-state index contributed by atoms with van der Waals surface area (Å²) in [5.41, 5.74) is 2.05. The van der Waals surface area contributed by atoms with Crippen LogP contribution in [0.2, 0.25) is 0 Å². The molecule has 33 heavy (non-hydrogen) atoms. The van der Waals surface area contributed by atoms with E-state index in [4.69, 9.17) is 4.74 Å². The van der Waals surface area contributed by atoms with E-state index in [2.05, 4.69) is 39.8 Å². The van der Waals surface area contributed by atoms with Crippen molar-refractivity contribution in [3.05, 3.63) is 70.0 Å². The molecular formula is C24H25N5O4. The van der Waals surface area contributed by atoms with Crippen LogP contribution in [-0.2, 0) is 9.59 Å². The van der Waals surface area contributed by atoms with E-state index >= 15 is 0 Å². The topological polar surface area (TPSA) is 125 Å². The Hall–Kier alpha value is -4.14. The van der Waals surface area contributed by atoms with Crippen molar-refractivity contribution in [2.45, 2.75) is 32.1 Å². The standard InChI is InChI=1S/C24H25N5O4/c1-13(2)14-4-6-15(7-5-14)25-22(31)18-12-19(30)27-21-20(18)23(32)29-24(28-21)26-16-8-10-17(33-3)11-9-16/h4-11,13,18H,12H2,1-3H3,(H,25,31)(H3,26,27,28,29,30,32)/t18-/m0/s1. The Morgan fingerprint density at radius 1 is 1.06 bits per heavy atom. The largest absolute Gasteiger partial charge is 0.497 e. The van der Waals surface area contributed by atoms with E-state index in [-0.39, 0.29) is 29.7 Å². The van der Waals surface area contributed by atoms with Crippen LogP contribution >= 0.6 is 0 Å². The van der Waals surface area contributed by atoms with Crippen molar-refractivity contribution in [3.63, 3.8) is 0 Å². The lowest BCUT2D eigenvalue weighted by molar-refractivity contribution is -0.123. The molecule has 0 saturated heterocycles. The van der Waals surface area contributed by atoms with E-state index < -0.39 is 17.4 Å². The third kappa shape index (κ3) is 4.87. The number of carbonyl (C=O) groups excluding carboxylic acids is 2. The number of H-pyrrole nitrogens is 1. The molecule has 170 valence electrons. The molecule has 0 saturated carbocycles. The van der Waals surface area contributed by atoms with Crippen molar-refractivity contribution in [1.29, 1.82) is 0 Å². The first-order valence-corrected chi connectivity index (χ1v) is 10.6. The minimum atomic E-state index is -0.954. The summed E-state index contributed by atoms with van der Waals surface area (Å²) in [7, 11) is 1.57. The Morgan fingerprint density at radius 3 is 2.36 bits per heavy atom. The van der Waals surface area contributed by atoms with Crippen LogP contribution in [0.3, 0.4) is 0 Å². The number of aromatic nitrogens is 2. The van der Waals surface area contributed by atoms with E-state index in [1.54, 1.807) is 43.5 Å². The lowest BCUT2D eigenvalue weighted by Crippen LogP contribution is -2.36. The molecule has 4 N–H and O–H groups in total. The van der Waals surface area contributed by atoms with Gasteiger partial charge in [-0.1, -0.05) is 26.0 Å². The smallest absolute Gasteiger partial charge is 0.258 e. The molecule has 1 atom stereocenters. The van der Waals surface area contributed by atoms with Crippen molar-refractivity contribution in [3.8, 4) is 5.75 Å². The number of rotatable bonds is 6. The Kier molecular flexibility index (Phi) is 6.12. The van der Waals surface area contributed by atoms with Crippen LogP contribution in [0.25, 0.3) is 0 Å². The van der Waals surface area contributed by atoms with E-state index in [0.29, 0.717) is 23.0 Å². The number of nitrogens with zero attached hydrogens (tertiary/aromatic N) is 1. The molecule has 2 heterocycles. The molecule has 1 aromatic heterocycles. The highest BCUT2D eigenvalue weighted by atomic mass is 16.5. The second-order valence-electron chi connectivity index (χ2n) is 8.10. The highest BCUT2D eigenvalue weighted by Gasteiger charge is 2.34. The van der Waals surface area contributed by atoms with Crippen molar-refractivity contribution < 1.29 is 14.3 Å². The highest BCUT2D eigenvalue weighted by molar-refractivity contribution is 6.04. The van der Waals surface area contributed by atoms with Gasteiger partial charge in [0.25, 0.3) is 5.56 Å². The van der Waals surface area contributed by atoms with Crippen LogP contribution in [0.1, 0.15) is 43.2 Å². The fraction of sp³-hybridized carbons (Fsp3) is 0.250. The molecule has 0 unspecified atom stereocenters. The number of hydrogen-bond donors (Lipinski definition) is 4. The number of hydrogen-bond acceptors (Lipinski definition) is 6. The molecule has 9 nitrogen and oxygen atoms in total. The lowest BCUT2D eigenvalue weighted by Gasteiger charge is -2.23. The first kappa shape index (κ1) is 22.1. The minimum Gasteiger partial charge on any atom is -0.497 e. The predicted molar refractivity (Wildman–Crippen MR) is 126 cm³/mol. The molecule has 0 bridgehead atoms. The molecule has 0 aliphatic carbocycles. The van der Waals surface area contributed by atoms with Crippen LogP contribution in [0.4, 0.5) is 23.1 Å². The number of nitrogens with one attached hydrogen (secondary N) is 4. The average Bonchev–Trinajstić information content (AvgIpc) is 2.79. The third-order valence-electron chi connectivity index (χ3n) is 5.47. The first-order chi connectivity index (χ1) is 15.8. The van der Waals surface area contributed by atoms with Gasteiger partial charge in [-0.25, -0.2) is 0 Å². The van der Waals surface area contributed by atoms with Crippen LogP contribution in [-0.4, -0.2) is 28.9 Å². The number of methoxy groups -OCH3 is 1.